The molecule has 18 heavy (non-hydrogen) atoms. The molecule has 1 rings (SSSR count). The second kappa shape index (κ2) is 6.58. The first-order valence-corrected chi connectivity index (χ1v) is 6.33. The number of hydrogen-bond acceptors (Lipinski definition) is 3. The number of carbonyl (C=O) groups is 2. The van der Waals surface area contributed by atoms with Gasteiger partial charge in [0.15, 0.2) is 6.04 Å². The number of urea groups is 1. The van der Waals surface area contributed by atoms with E-state index in [9.17, 15) is 9.59 Å². The highest BCUT2D eigenvalue weighted by molar-refractivity contribution is 5.83. The molecule has 2 amide bonds. The molecule has 1 fully saturated rings. The number of ether oxygens (including phenoxy) is 1. The van der Waals surface area contributed by atoms with Crippen molar-refractivity contribution in [2.24, 2.45) is 0 Å². The zero-order valence-electron chi connectivity index (χ0n) is 11.3. The highest BCUT2D eigenvalue weighted by Crippen LogP contribution is 2.13. The summed E-state index contributed by atoms with van der Waals surface area (Å²) < 4.78 is 5.12. The minimum atomic E-state index is -1.01. The zero-order valence-corrected chi connectivity index (χ0v) is 11.3. The molecule has 1 aliphatic rings. The molecular weight excluding hydrogens is 236 g/mol. The first-order valence-electron chi connectivity index (χ1n) is 6.33. The van der Waals surface area contributed by atoms with Crippen LogP contribution in [0, 0.1) is 0 Å². The van der Waals surface area contributed by atoms with Crippen molar-refractivity contribution < 1.29 is 19.4 Å². The van der Waals surface area contributed by atoms with E-state index in [2.05, 4.69) is 6.92 Å². The fraction of sp³-hybridized carbons (Fsp3) is 0.833. The second-order valence-electron chi connectivity index (χ2n) is 4.65. The molecule has 6 nitrogen and oxygen atoms in total. The van der Waals surface area contributed by atoms with Crippen LogP contribution in [-0.4, -0.2) is 65.8 Å². The van der Waals surface area contributed by atoms with Crippen LogP contribution < -0.4 is 0 Å². The van der Waals surface area contributed by atoms with Gasteiger partial charge < -0.3 is 19.6 Å². The number of hydrogen-bond donors (Lipinski definition) is 1. The van der Waals surface area contributed by atoms with Gasteiger partial charge in [-0.1, -0.05) is 13.3 Å². The largest absolute Gasteiger partial charge is 0.480 e. The number of carbonyl (C=O) groups excluding carboxylic acids is 1. The monoisotopic (exact) mass is 258 g/mol. The van der Waals surface area contributed by atoms with E-state index in [1.54, 1.807) is 11.9 Å². The third kappa shape index (κ3) is 3.35. The van der Waals surface area contributed by atoms with E-state index >= 15 is 0 Å². The maximum Gasteiger partial charge on any atom is 0.328 e. The minimum Gasteiger partial charge on any atom is -0.480 e. The van der Waals surface area contributed by atoms with Crippen LogP contribution in [0.2, 0.25) is 0 Å². The van der Waals surface area contributed by atoms with Gasteiger partial charge in [0, 0.05) is 19.6 Å². The van der Waals surface area contributed by atoms with Crippen molar-refractivity contribution in [3.8, 4) is 0 Å². The van der Waals surface area contributed by atoms with Crippen LogP contribution in [0.4, 0.5) is 4.79 Å². The van der Waals surface area contributed by atoms with Crippen molar-refractivity contribution in [3.63, 3.8) is 0 Å². The van der Waals surface area contributed by atoms with Crippen molar-refractivity contribution in [1.29, 1.82) is 0 Å². The number of nitrogens with zero attached hydrogens (tertiary/aromatic N) is 2. The van der Waals surface area contributed by atoms with Gasteiger partial charge in [0.05, 0.1) is 13.2 Å². The highest BCUT2D eigenvalue weighted by atomic mass is 16.5. The fourth-order valence-corrected chi connectivity index (χ4v) is 2.04. The van der Waals surface area contributed by atoms with Gasteiger partial charge in [-0.15, -0.1) is 0 Å². The Morgan fingerprint density at radius 3 is 2.78 bits per heavy atom. The summed E-state index contributed by atoms with van der Waals surface area (Å²) in [4.78, 5) is 26.4. The summed E-state index contributed by atoms with van der Waals surface area (Å²) in [6, 6.07) is -0.992. The lowest BCUT2D eigenvalue weighted by Gasteiger charge is -2.37. The van der Waals surface area contributed by atoms with Crippen LogP contribution >= 0.6 is 0 Å². The van der Waals surface area contributed by atoms with Gasteiger partial charge in [-0.2, -0.15) is 0 Å². The maximum atomic E-state index is 12.3. The van der Waals surface area contributed by atoms with Gasteiger partial charge in [0.1, 0.15) is 0 Å². The molecule has 1 N–H and O–H groups in total. The Labute approximate surface area is 107 Å². The quantitative estimate of drug-likeness (QED) is 0.817. The van der Waals surface area contributed by atoms with Gasteiger partial charge in [0.2, 0.25) is 0 Å². The van der Waals surface area contributed by atoms with Gasteiger partial charge in [-0.25, -0.2) is 9.59 Å². The van der Waals surface area contributed by atoms with E-state index in [1.165, 1.54) is 4.90 Å². The van der Waals surface area contributed by atoms with E-state index < -0.39 is 12.0 Å². The van der Waals surface area contributed by atoms with E-state index in [1.807, 2.05) is 6.92 Å². The number of amides is 2. The Kier molecular flexibility index (Phi) is 5.40. The summed E-state index contributed by atoms with van der Waals surface area (Å²) in [5.41, 5.74) is 0. The average Bonchev–Trinajstić information content (AvgIpc) is 2.37. The molecule has 0 spiro atoms. The van der Waals surface area contributed by atoms with Crippen molar-refractivity contribution in [2.45, 2.75) is 38.8 Å². The van der Waals surface area contributed by atoms with Crippen molar-refractivity contribution in [2.75, 3.05) is 26.8 Å². The molecular formula is C12H22N2O4. The third-order valence-electron chi connectivity index (χ3n) is 3.33. The molecule has 0 aliphatic carbocycles. The lowest BCUT2D eigenvalue weighted by Crippen LogP contribution is -2.57. The molecule has 0 aromatic carbocycles. The molecule has 0 aromatic heterocycles. The van der Waals surface area contributed by atoms with Crippen molar-refractivity contribution in [1.82, 2.24) is 9.80 Å². The predicted octanol–water partition coefficient (Wildman–Crippen LogP) is 1.01. The smallest absolute Gasteiger partial charge is 0.328 e. The van der Waals surface area contributed by atoms with E-state index in [-0.39, 0.29) is 18.7 Å². The Morgan fingerprint density at radius 2 is 2.22 bits per heavy atom. The van der Waals surface area contributed by atoms with Crippen LogP contribution in [0.3, 0.4) is 0 Å². The van der Waals surface area contributed by atoms with Crippen LogP contribution in [0.5, 0.6) is 0 Å². The van der Waals surface area contributed by atoms with E-state index in [0.29, 0.717) is 13.2 Å². The standard InChI is InChI=1S/C12H22N2O4/c1-4-5-9(2)13(3)12(17)14-6-7-18-8-10(14)11(15)16/h9-10H,4-8H2,1-3H3,(H,15,16). The predicted molar refractivity (Wildman–Crippen MR) is 66.5 cm³/mol. The van der Waals surface area contributed by atoms with Crippen molar-refractivity contribution >= 4 is 12.0 Å². The van der Waals surface area contributed by atoms with Crippen LogP contribution in [-0.2, 0) is 9.53 Å². The molecule has 6 heteroatoms. The lowest BCUT2D eigenvalue weighted by molar-refractivity contribution is -0.147. The number of carboxylic acids is 1. The number of carboxylic acid groups (broad SMARTS) is 1. The second-order valence-corrected chi connectivity index (χ2v) is 4.65. The summed E-state index contributed by atoms with van der Waals surface area (Å²) in [5.74, 6) is -1.01. The molecule has 1 heterocycles. The molecule has 1 aliphatic heterocycles. The molecule has 0 aromatic rings. The Morgan fingerprint density at radius 1 is 1.56 bits per heavy atom. The molecule has 104 valence electrons. The number of rotatable bonds is 4. The number of aliphatic carboxylic acids is 1. The van der Waals surface area contributed by atoms with E-state index in [4.69, 9.17) is 9.84 Å². The SMILES string of the molecule is CCCC(C)N(C)C(=O)N1CCOCC1C(=O)O. The zero-order chi connectivity index (χ0) is 13.7. The first kappa shape index (κ1) is 14.8. The summed E-state index contributed by atoms with van der Waals surface area (Å²) in [7, 11) is 1.72. The normalized spacial score (nSPS) is 21.5. The third-order valence-corrected chi connectivity index (χ3v) is 3.33. The first-order chi connectivity index (χ1) is 8.49. The fourth-order valence-electron chi connectivity index (χ4n) is 2.04. The molecule has 0 saturated carbocycles. The van der Waals surface area contributed by atoms with Gasteiger partial charge in [0.25, 0.3) is 0 Å². The van der Waals surface area contributed by atoms with Crippen LogP contribution in [0.25, 0.3) is 0 Å². The summed E-state index contributed by atoms with van der Waals surface area (Å²) in [5, 5.41) is 9.09. The Hall–Kier alpha value is -1.30. The number of morpholine rings is 1. The topological polar surface area (TPSA) is 70.1 Å². The minimum absolute atomic E-state index is 0.0665. The Balaban J connectivity index is 2.70. The van der Waals surface area contributed by atoms with E-state index in [0.717, 1.165) is 12.8 Å². The molecule has 0 radical (unpaired) electrons. The van der Waals surface area contributed by atoms with Gasteiger partial charge in [-0.05, 0) is 13.3 Å². The average molecular weight is 258 g/mol. The molecule has 2 atom stereocenters. The Bertz CT molecular complexity index is 308. The van der Waals surface area contributed by atoms with Gasteiger partial charge >= 0.3 is 12.0 Å². The van der Waals surface area contributed by atoms with Gasteiger partial charge in [-0.3, -0.25) is 0 Å². The highest BCUT2D eigenvalue weighted by Gasteiger charge is 2.35. The maximum absolute atomic E-state index is 12.3. The lowest BCUT2D eigenvalue weighted by atomic mass is 10.1. The summed E-state index contributed by atoms with van der Waals surface area (Å²) in [6.45, 7) is 4.82. The molecule has 0 bridgehead atoms. The van der Waals surface area contributed by atoms with Crippen LogP contribution in [0.15, 0.2) is 0 Å². The van der Waals surface area contributed by atoms with Crippen LogP contribution in [0.1, 0.15) is 26.7 Å². The molecule has 1 saturated heterocycles. The summed E-state index contributed by atoms with van der Waals surface area (Å²) in [6.07, 6.45) is 1.90. The molecule has 2 unspecified atom stereocenters. The summed E-state index contributed by atoms with van der Waals surface area (Å²) >= 11 is 0. The van der Waals surface area contributed by atoms with Crippen molar-refractivity contribution in [3.05, 3.63) is 0 Å².